The molecule has 0 radical (unpaired) electrons. The molecule has 0 spiro atoms. The number of nitrogens with two attached hydrogens (primary N) is 3. The number of nitrogens with zero attached hydrogens (tertiary/aromatic N) is 2. The van der Waals surface area contributed by atoms with Crippen LogP contribution in [0.15, 0.2) is 4.99 Å². The van der Waals surface area contributed by atoms with Crippen LogP contribution < -0.4 is 22.5 Å². The molecule has 0 bridgehead atoms. The number of carbonyl (C=O) groups excluding carboxylic acids is 2. The van der Waals surface area contributed by atoms with Gasteiger partial charge in [-0.25, -0.2) is 4.79 Å². The van der Waals surface area contributed by atoms with Gasteiger partial charge in [-0.2, -0.15) is 0 Å². The van der Waals surface area contributed by atoms with E-state index in [1.165, 1.54) is 4.90 Å². The highest BCUT2D eigenvalue weighted by Crippen LogP contribution is 2.19. The lowest BCUT2D eigenvalue weighted by molar-refractivity contribution is -0.149. The highest BCUT2D eigenvalue weighted by atomic mass is 16.4. The van der Waals surface area contributed by atoms with Gasteiger partial charge in [0.25, 0.3) is 0 Å². The summed E-state index contributed by atoms with van der Waals surface area (Å²) >= 11 is 0. The average Bonchev–Trinajstić information content (AvgIpc) is 3.05. The summed E-state index contributed by atoms with van der Waals surface area (Å²) in [6.07, 6.45) is 2.26. The van der Waals surface area contributed by atoms with Crippen molar-refractivity contribution in [3.63, 3.8) is 0 Å². The molecular weight excluding hydrogens is 352 g/mol. The van der Waals surface area contributed by atoms with Crippen LogP contribution in [0.25, 0.3) is 0 Å². The van der Waals surface area contributed by atoms with E-state index in [2.05, 4.69) is 10.3 Å². The number of hydrogen-bond acceptors (Lipinski definition) is 5. The number of aliphatic carboxylic acids is 1. The maximum Gasteiger partial charge on any atom is 0.326 e. The summed E-state index contributed by atoms with van der Waals surface area (Å²) in [6.45, 7) is 4.57. The molecule has 0 aromatic rings. The predicted molar refractivity (Wildman–Crippen MR) is 102 cm³/mol. The number of nitrogens with one attached hydrogen (secondary N) is 1. The monoisotopic (exact) mass is 384 g/mol. The fourth-order valence-corrected chi connectivity index (χ4v) is 3.14. The van der Waals surface area contributed by atoms with E-state index in [-0.39, 0.29) is 11.9 Å². The Morgan fingerprint density at radius 3 is 2.52 bits per heavy atom. The van der Waals surface area contributed by atoms with Crippen LogP contribution in [-0.4, -0.2) is 65.0 Å². The second-order valence-electron chi connectivity index (χ2n) is 7.27. The Kier molecular flexibility index (Phi) is 8.99. The molecule has 1 saturated heterocycles. The third-order valence-electron chi connectivity index (χ3n) is 4.44. The predicted octanol–water partition coefficient (Wildman–Crippen LogP) is -1.03. The Bertz CT molecular complexity index is 562. The SMILES string of the molecule is CC(C)CC(N)C(=O)N[C@@H](CCCN=C(N)N)C(=O)N1CCC[C@H]1C(=O)O. The molecule has 1 heterocycles. The third kappa shape index (κ3) is 7.41. The molecule has 1 fully saturated rings. The first-order valence-electron chi connectivity index (χ1n) is 9.28. The van der Waals surface area contributed by atoms with Crippen molar-refractivity contribution in [3.05, 3.63) is 0 Å². The van der Waals surface area contributed by atoms with E-state index >= 15 is 0 Å². The lowest BCUT2D eigenvalue weighted by Gasteiger charge is -2.28. The van der Waals surface area contributed by atoms with E-state index in [4.69, 9.17) is 17.2 Å². The largest absolute Gasteiger partial charge is 0.480 e. The van der Waals surface area contributed by atoms with Crippen LogP contribution in [0.5, 0.6) is 0 Å². The molecule has 1 aliphatic heterocycles. The molecule has 27 heavy (non-hydrogen) atoms. The van der Waals surface area contributed by atoms with Gasteiger partial charge in [0, 0.05) is 13.1 Å². The van der Waals surface area contributed by atoms with Gasteiger partial charge in [0.2, 0.25) is 11.8 Å². The summed E-state index contributed by atoms with van der Waals surface area (Å²) in [5, 5.41) is 12.0. The number of guanidine groups is 1. The van der Waals surface area contributed by atoms with Gasteiger partial charge in [-0.15, -0.1) is 0 Å². The number of carboxylic acids is 1. The number of carboxylic acid groups (broad SMARTS) is 1. The quantitative estimate of drug-likeness (QED) is 0.182. The van der Waals surface area contributed by atoms with Gasteiger partial charge in [-0.05, 0) is 38.0 Å². The van der Waals surface area contributed by atoms with Crippen molar-refractivity contribution in [1.29, 1.82) is 0 Å². The second-order valence-corrected chi connectivity index (χ2v) is 7.27. The number of hydrogen-bond donors (Lipinski definition) is 5. The lowest BCUT2D eigenvalue weighted by atomic mass is 10.0. The van der Waals surface area contributed by atoms with Crippen molar-refractivity contribution in [2.24, 2.45) is 28.1 Å². The van der Waals surface area contributed by atoms with E-state index < -0.39 is 35.9 Å². The zero-order valence-corrected chi connectivity index (χ0v) is 16.1. The van der Waals surface area contributed by atoms with Crippen molar-refractivity contribution in [3.8, 4) is 0 Å². The molecule has 1 aliphatic rings. The minimum absolute atomic E-state index is 0.0497. The Hall–Kier alpha value is -2.36. The summed E-state index contributed by atoms with van der Waals surface area (Å²) in [5.74, 6) is -1.68. The third-order valence-corrected chi connectivity index (χ3v) is 4.44. The maximum absolute atomic E-state index is 12.9. The molecule has 0 aromatic carbocycles. The van der Waals surface area contributed by atoms with Crippen LogP contribution in [-0.2, 0) is 14.4 Å². The highest BCUT2D eigenvalue weighted by Gasteiger charge is 2.37. The van der Waals surface area contributed by atoms with Gasteiger partial charge in [0.1, 0.15) is 12.1 Å². The van der Waals surface area contributed by atoms with Crippen molar-refractivity contribution in [1.82, 2.24) is 10.2 Å². The highest BCUT2D eigenvalue weighted by molar-refractivity contribution is 5.92. The van der Waals surface area contributed by atoms with Crippen LogP contribution in [0, 0.1) is 5.92 Å². The first kappa shape index (κ1) is 22.7. The van der Waals surface area contributed by atoms with E-state index in [9.17, 15) is 19.5 Å². The number of carbonyl (C=O) groups is 3. The van der Waals surface area contributed by atoms with Gasteiger partial charge >= 0.3 is 5.97 Å². The van der Waals surface area contributed by atoms with E-state index in [0.717, 1.165) is 0 Å². The fourth-order valence-electron chi connectivity index (χ4n) is 3.14. The first-order chi connectivity index (χ1) is 12.6. The maximum atomic E-state index is 12.9. The van der Waals surface area contributed by atoms with E-state index in [1.54, 1.807) is 0 Å². The Morgan fingerprint density at radius 2 is 1.96 bits per heavy atom. The fraction of sp³-hybridized carbons (Fsp3) is 0.765. The summed E-state index contributed by atoms with van der Waals surface area (Å²) in [7, 11) is 0. The van der Waals surface area contributed by atoms with Crippen molar-refractivity contribution in [2.75, 3.05) is 13.1 Å². The molecule has 0 aromatic heterocycles. The Morgan fingerprint density at radius 1 is 1.30 bits per heavy atom. The van der Waals surface area contributed by atoms with Crippen LogP contribution in [0.4, 0.5) is 0 Å². The molecule has 0 aliphatic carbocycles. The van der Waals surface area contributed by atoms with Gasteiger partial charge in [0.15, 0.2) is 5.96 Å². The van der Waals surface area contributed by atoms with E-state index in [1.807, 2.05) is 13.8 Å². The van der Waals surface area contributed by atoms with E-state index in [0.29, 0.717) is 45.2 Å². The standard InChI is InChI=1S/C17H32N6O4/c1-10(2)9-11(18)14(24)22-12(5-3-7-21-17(19)20)15(25)23-8-4-6-13(23)16(26)27/h10-13H,3-9,18H2,1-2H3,(H,22,24)(H,26,27)(H4,19,20,21)/t11?,12-,13-/m0/s1. The molecule has 2 amide bonds. The molecule has 8 N–H and O–H groups in total. The molecule has 1 rings (SSSR count). The van der Waals surface area contributed by atoms with Gasteiger partial charge in [0.05, 0.1) is 6.04 Å². The number of amides is 2. The summed E-state index contributed by atoms with van der Waals surface area (Å²) < 4.78 is 0. The van der Waals surface area contributed by atoms with Crippen LogP contribution >= 0.6 is 0 Å². The topological polar surface area (TPSA) is 177 Å². The first-order valence-corrected chi connectivity index (χ1v) is 9.28. The molecule has 154 valence electrons. The Labute approximate surface area is 159 Å². The van der Waals surface area contributed by atoms with Gasteiger partial charge in [-0.1, -0.05) is 13.8 Å². The average molecular weight is 384 g/mol. The molecule has 3 atom stereocenters. The normalized spacial score (nSPS) is 18.8. The van der Waals surface area contributed by atoms with Crippen molar-refractivity contribution < 1.29 is 19.5 Å². The molecule has 0 saturated carbocycles. The molecule has 10 nitrogen and oxygen atoms in total. The van der Waals surface area contributed by atoms with Crippen molar-refractivity contribution in [2.45, 2.75) is 64.1 Å². The van der Waals surface area contributed by atoms with Crippen LogP contribution in [0.2, 0.25) is 0 Å². The minimum Gasteiger partial charge on any atom is -0.480 e. The Balaban J connectivity index is 2.82. The molecular formula is C17H32N6O4. The van der Waals surface area contributed by atoms with Crippen LogP contribution in [0.3, 0.4) is 0 Å². The summed E-state index contributed by atoms with van der Waals surface area (Å²) in [6, 6.07) is -2.45. The van der Waals surface area contributed by atoms with Crippen molar-refractivity contribution >= 4 is 23.7 Å². The zero-order valence-electron chi connectivity index (χ0n) is 16.1. The number of likely N-dealkylation sites (tertiary alicyclic amines) is 1. The minimum atomic E-state index is -1.04. The van der Waals surface area contributed by atoms with Crippen LogP contribution in [0.1, 0.15) is 46.0 Å². The lowest BCUT2D eigenvalue weighted by Crippen LogP contribution is -2.54. The zero-order chi connectivity index (χ0) is 20.6. The van der Waals surface area contributed by atoms with Gasteiger partial charge < -0.3 is 32.5 Å². The molecule has 10 heteroatoms. The molecule has 1 unspecified atom stereocenters. The van der Waals surface area contributed by atoms with Gasteiger partial charge in [-0.3, -0.25) is 14.6 Å². The second kappa shape index (κ2) is 10.7. The smallest absolute Gasteiger partial charge is 0.326 e. The summed E-state index contributed by atoms with van der Waals surface area (Å²) in [5.41, 5.74) is 16.5. The number of aliphatic imine (C=N–C) groups is 1. The number of rotatable bonds is 10. The summed E-state index contributed by atoms with van der Waals surface area (Å²) in [4.78, 5) is 41.8.